The number of hydrogen-bond donors (Lipinski definition) is 2. The van der Waals surface area contributed by atoms with E-state index in [0.717, 1.165) is 11.1 Å². The third kappa shape index (κ3) is 8.84. The average Bonchev–Trinajstić information content (AvgIpc) is 2.99. The summed E-state index contributed by atoms with van der Waals surface area (Å²) >= 11 is 0. The fraction of sp³-hybridized carbons (Fsp3) is 0.138. The van der Waals surface area contributed by atoms with Gasteiger partial charge in [0.15, 0.2) is 17.1 Å². The largest absolute Gasteiger partial charge is 0.489 e. The second-order valence-electron chi connectivity index (χ2n) is 8.02. The highest BCUT2D eigenvalue weighted by molar-refractivity contribution is 5.91. The Morgan fingerprint density at radius 1 is 0.675 bits per heavy atom. The molecule has 2 aromatic carbocycles. The number of nitrogens with zero attached hydrogens (tertiary/aromatic N) is 2. The van der Waals surface area contributed by atoms with Gasteiger partial charge in [0.25, 0.3) is 0 Å². The van der Waals surface area contributed by atoms with Crippen molar-refractivity contribution in [3.05, 3.63) is 113 Å². The molecule has 0 spiro atoms. The average molecular weight is 546 g/mol. The van der Waals surface area contributed by atoms with E-state index < -0.39 is 17.9 Å². The smallest absolute Gasteiger partial charge is 0.356 e. The highest BCUT2D eigenvalue weighted by Gasteiger charge is 2.15. The van der Waals surface area contributed by atoms with Gasteiger partial charge in [0.05, 0.1) is 14.2 Å². The predicted molar refractivity (Wildman–Crippen MR) is 144 cm³/mol. The minimum atomic E-state index is -1.25. The Morgan fingerprint density at radius 2 is 1.10 bits per heavy atom. The monoisotopic (exact) mass is 545 g/mol. The molecule has 0 aliphatic carbocycles. The van der Waals surface area contributed by atoms with Gasteiger partial charge in [-0.05, 0) is 11.1 Å². The molecule has 11 heteroatoms. The van der Waals surface area contributed by atoms with Crippen molar-refractivity contribution in [2.24, 2.45) is 0 Å². The summed E-state index contributed by atoms with van der Waals surface area (Å²) in [5.41, 5.74) is 7.31. The van der Waals surface area contributed by atoms with Crippen LogP contribution < -0.4 is 15.2 Å². The number of carboxylic acid groups (broad SMARTS) is 1. The van der Waals surface area contributed by atoms with Gasteiger partial charge in [-0.15, -0.1) is 0 Å². The molecule has 0 aliphatic rings. The zero-order valence-electron chi connectivity index (χ0n) is 21.8. The maximum absolute atomic E-state index is 11.5. The summed E-state index contributed by atoms with van der Waals surface area (Å²) in [5, 5.41) is 9.00. The van der Waals surface area contributed by atoms with E-state index in [0.29, 0.717) is 12.4 Å². The van der Waals surface area contributed by atoms with Gasteiger partial charge in [-0.1, -0.05) is 60.7 Å². The molecule has 0 saturated heterocycles. The molecular weight excluding hydrogens is 518 g/mol. The molecule has 0 fully saturated rings. The van der Waals surface area contributed by atoms with E-state index >= 15 is 0 Å². The Bertz CT molecular complexity index is 1450. The first-order chi connectivity index (χ1) is 19.3. The van der Waals surface area contributed by atoms with Gasteiger partial charge in [-0.3, -0.25) is 0 Å². The van der Waals surface area contributed by atoms with Crippen molar-refractivity contribution in [3.63, 3.8) is 0 Å². The third-order valence-electron chi connectivity index (χ3n) is 5.12. The van der Waals surface area contributed by atoms with E-state index in [2.05, 4.69) is 19.4 Å². The van der Waals surface area contributed by atoms with Crippen LogP contribution in [0.3, 0.4) is 0 Å². The molecule has 0 unspecified atom stereocenters. The lowest BCUT2D eigenvalue weighted by Crippen LogP contribution is -2.10. The standard InChI is InChI=1S/C15H13NO5.C14H14N2O3/c1-20-15(19)13-8-11(7-12(16-13)14(17)18)21-9-10-5-3-2-4-6-10;1-18-14(17)12-7-11(8-13(15)16-12)19-9-10-5-3-2-4-6-10/h2-8H,9H2,1H3,(H,17,18);2-8H,9H2,1H3,(H2,15,16). The van der Waals surface area contributed by atoms with Crippen molar-refractivity contribution < 1.29 is 38.4 Å². The second-order valence-corrected chi connectivity index (χ2v) is 8.02. The van der Waals surface area contributed by atoms with Crippen LogP contribution in [0.2, 0.25) is 0 Å². The maximum Gasteiger partial charge on any atom is 0.356 e. The van der Waals surface area contributed by atoms with Gasteiger partial charge in [0.1, 0.15) is 30.5 Å². The van der Waals surface area contributed by atoms with E-state index in [1.165, 1.54) is 32.4 Å². The highest BCUT2D eigenvalue weighted by atomic mass is 16.5. The number of benzene rings is 2. The Kier molecular flexibility index (Phi) is 10.5. The van der Waals surface area contributed by atoms with Gasteiger partial charge in [-0.25, -0.2) is 24.4 Å². The number of aromatic carboxylic acids is 1. The molecule has 0 radical (unpaired) electrons. The van der Waals surface area contributed by atoms with Crippen molar-refractivity contribution in [2.75, 3.05) is 20.0 Å². The fourth-order valence-electron chi connectivity index (χ4n) is 3.21. The lowest BCUT2D eigenvalue weighted by Gasteiger charge is -2.08. The number of pyridine rings is 2. The van der Waals surface area contributed by atoms with E-state index in [4.69, 9.17) is 20.3 Å². The van der Waals surface area contributed by atoms with Crippen LogP contribution in [0.25, 0.3) is 0 Å². The molecule has 4 rings (SSSR count). The van der Waals surface area contributed by atoms with Crippen LogP contribution in [0.15, 0.2) is 84.9 Å². The minimum absolute atomic E-state index is 0.111. The molecule has 3 N–H and O–H groups in total. The fourth-order valence-corrected chi connectivity index (χ4v) is 3.21. The molecule has 4 aromatic rings. The number of carbonyl (C=O) groups excluding carboxylic acids is 2. The molecule has 11 nitrogen and oxygen atoms in total. The molecule has 2 aromatic heterocycles. The lowest BCUT2D eigenvalue weighted by atomic mass is 10.2. The summed E-state index contributed by atoms with van der Waals surface area (Å²) in [7, 11) is 2.49. The second kappa shape index (κ2) is 14.5. The molecule has 0 amide bonds. The number of nitrogen functional groups attached to an aromatic ring is 1. The molecule has 206 valence electrons. The van der Waals surface area contributed by atoms with Crippen LogP contribution in [0, 0.1) is 0 Å². The number of anilines is 1. The first-order valence-corrected chi connectivity index (χ1v) is 11.8. The topological polar surface area (TPSA) is 160 Å². The van der Waals surface area contributed by atoms with E-state index in [-0.39, 0.29) is 35.3 Å². The zero-order chi connectivity index (χ0) is 28.9. The van der Waals surface area contributed by atoms with Crippen LogP contribution >= 0.6 is 0 Å². The highest BCUT2D eigenvalue weighted by Crippen LogP contribution is 2.19. The third-order valence-corrected chi connectivity index (χ3v) is 5.12. The SMILES string of the molecule is COC(=O)c1cc(OCc2ccccc2)cc(C(=O)O)n1.COC(=O)c1cc(OCc2ccccc2)cc(N)n1. The van der Waals surface area contributed by atoms with E-state index in [1.807, 2.05) is 60.7 Å². The summed E-state index contributed by atoms with van der Waals surface area (Å²) in [6.07, 6.45) is 0. The van der Waals surface area contributed by atoms with Crippen LogP contribution in [-0.2, 0) is 22.7 Å². The number of carbonyl (C=O) groups is 3. The summed E-state index contributed by atoms with van der Waals surface area (Å²) < 4.78 is 20.2. The molecule has 0 bridgehead atoms. The maximum atomic E-state index is 11.5. The number of carboxylic acids is 1. The summed E-state index contributed by atoms with van der Waals surface area (Å²) in [5.74, 6) is -1.57. The minimum Gasteiger partial charge on any atom is -0.489 e. The molecular formula is C29H27N3O8. The molecule has 0 aliphatic heterocycles. The Morgan fingerprint density at radius 3 is 1.55 bits per heavy atom. The predicted octanol–water partition coefficient (Wildman–Crippen LogP) is 4.17. The van der Waals surface area contributed by atoms with Gasteiger partial charge in [0, 0.05) is 24.3 Å². The Labute approximate surface area is 230 Å². The molecule has 2 heterocycles. The number of rotatable bonds is 9. The zero-order valence-corrected chi connectivity index (χ0v) is 21.8. The van der Waals surface area contributed by atoms with Gasteiger partial charge in [-0.2, -0.15) is 0 Å². The molecule has 0 atom stereocenters. The van der Waals surface area contributed by atoms with Gasteiger partial charge >= 0.3 is 17.9 Å². The van der Waals surface area contributed by atoms with Crippen molar-refractivity contribution in [1.82, 2.24) is 9.97 Å². The normalized spacial score (nSPS) is 9.95. The summed E-state index contributed by atoms with van der Waals surface area (Å²) in [6.45, 7) is 0.648. The number of methoxy groups -OCH3 is 2. The first kappa shape index (κ1) is 29.1. The molecule has 40 heavy (non-hydrogen) atoms. The van der Waals surface area contributed by atoms with Crippen LogP contribution in [-0.4, -0.2) is 47.2 Å². The van der Waals surface area contributed by atoms with Crippen LogP contribution in [0.1, 0.15) is 42.6 Å². The number of ether oxygens (including phenoxy) is 4. The van der Waals surface area contributed by atoms with Crippen molar-refractivity contribution >= 4 is 23.7 Å². The summed E-state index contributed by atoms with van der Waals surface area (Å²) in [6, 6.07) is 24.7. The van der Waals surface area contributed by atoms with Gasteiger partial charge < -0.3 is 29.8 Å². The van der Waals surface area contributed by atoms with E-state index in [9.17, 15) is 14.4 Å². The molecule has 0 saturated carbocycles. The quantitative estimate of drug-likeness (QED) is 0.290. The first-order valence-electron chi connectivity index (χ1n) is 11.8. The van der Waals surface area contributed by atoms with Crippen molar-refractivity contribution in [3.8, 4) is 11.5 Å². The van der Waals surface area contributed by atoms with Crippen molar-refractivity contribution in [1.29, 1.82) is 0 Å². The number of esters is 2. The van der Waals surface area contributed by atoms with E-state index in [1.54, 1.807) is 6.07 Å². The Hall–Kier alpha value is -5.45. The van der Waals surface area contributed by atoms with Crippen LogP contribution in [0.4, 0.5) is 5.82 Å². The summed E-state index contributed by atoms with van der Waals surface area (Å²) in [4.78, 5) is 41.5. The number of nitrogens with two attached hydrogens (primary N) is 1. The van der Waals surface area contributed by atoms with Gasteiger partial charge in [0.2, 0.25) is 0 Å². The Balaban J connectivity index is 0.000000222. The number of aromatic nitrogens is 2. The number of hydrogen-bond acceptors (Lipinski definition) is 10. The lowest BCUT2D eigenvalue weighted by molar-refractivity contribution is 0.0583. The van der Waals surface area contributed by atoms with Crippen LogP contribution in [0.5, 0.6) is 11.5 Å². The van der Waals surface area contributed by atoms with Crippen molar-refractivity contribution in [2.45, 2.75) is 13.2 Å².